The molecular weight excluding hydrogens is 310 g/mol. The SMILES string of the molecule is C[C@H]1CCCC[C@H]1OCC(=O)NN1C(=O)NC2(CCCCC2)C1=O. The van der Waals surface area contributed by atoms with E-state index in [2.05, 4.69) is 17.7 Å². The van der Waals surface area contributed by atoms with Gasteiger partial charge in [-0.1, -0.05) is 39.0 Å². The van der Waals surface area contributed by atoms with Gasteiger partial charge >= 0.3 is 6.03 Å². The van der Waals surface area contributed by atoms with E-state index in [1.165, 1.54) is 6.42 Å². The Kier molecular flexibility index (Phi) is 5.08. The van der Waals surface area contributed by atoms with Crippen molar-refractivity contribution in [2.45, 2.75) is 76.4 Å². The molecule has 2 saturated carbocycles. The van der Waals surface area contributed by atoms with E-state index in [1.807, 2.05) is 0 Å². The number of nitrogens with zero attached hydrogens (tertiary/aromatic N) is 1. The zero-order chi connectivity index (χ0) is 17.2. The lowest BCUT2D eigenvalue weighted by molar-refractivity contribution is -0.143. The molecule has 24 heavy (non-hydrogen) atoms. The predicted octanol–water partition coefficient (Wildman–Crippen LogP) is 1.87. The first kappa shape index (κ1) is 17.2. The molecule has 0 aromatic rings. The molecule has 3 fully saturated rings. The van der Waals surface area contributed by atoms with Gasteiger partial charge in [0.15, 0.2) is 0 Å². The van der Waals surface area contributed by atoms with Crippen molar-refractivity contribution in [3.8, 4) is 0 Å². The molecule has 2 N–H and O–H groups in total. The van der Waals surface area contributed by atoms with E-state index in [-0.39, 0.29) is 18.6 Å². The number of carbonyl (C=O) groups excluding carboxylic acids is 3. The Hall–Kier alpha value is -1.63. The van der Waals surface area contributed by atoms with Crippen molar-refractivity contribution in [1.82, 2.24) is 15.8 Å². The van der Waals surface area contributed by atoms with E-state index in [1.54, 1.807) is 0 Å². The zero-order valence-electron chi connectivity index (χ0n) is 14.3. The first-order chi connectivity index (χ1) is 11.5. The summed E-state index contributed by atoms with van der Waals surface area (Å²) in [6, 6.07) is -0.540. The maximum atomic E-state index is 12.6. The van der Waals surface area contributed by atoms with Gasteiger partial charge < -0.3 is 10.1 Å². The number of hydrazine groups is 1. The lowest BCUT2D eigenvalue weighted by Crippen LogP contribution is -2.51. The fourth-order valence-corrected chi connectivity index (χ4v) is 4.09. The zero-order valence-corrected chi connectivity index (χ0v) is 14.3. The number of hydrogen-bond donors (Lipinski definition) is 2. The summed E-state index contributed by atoms with van der Waals surface area (Å²) in [4.78, 5) is 36.8. The molecule has 1 heterocycles. The second-order valence-electron chi connectivity index (χ2n) is 7.36. The van der Waals surface area contributed by atoms with Crippen LogP contribution in [0.25, 0.3) is 0 Å². The largest absolute Gasteiger partial charge is 0.368 e. The van der Waals surface area contributed by atoms with E-state index in [0.717, 1.165) is 43.5 Å². The van der Waals surface area contributed by atoms with Crippen LogP contribution in [0, 0.1) is 5.92 Å². The highest BCUT2D eigenvalue weighted by Crippen LogP contribution is 2.33. The molecule has 1 aliphatic heterocycles. The number of rotatable bonds is 4. The Morgan fingerprint density at radius 2 is 1.92 bits per heavy atom. The van der Waals surface area contributed by atoms with Crippen LogP contribution in [-0.4, -0.2) is 41.1 Å². The van der Waals surface area contributed by atoms with Crippen LogP contribution in [-0.2, 0) is 14.3 Å². The fourth-order valence-electron chi connectivity index (χ4n) is 4.09. The van der Waals surface area contributed by atoms with Gasteiger partial charge in [0.1, 0.15) is 12.1 Å². The van der Waals surface area contributed by atoms with Crippen molar-refractivity contribution in [3.63, 3.8) is 0 Å². The summed E-state index contributed by atoms with van der Waals surface area (Å²) in [7, 11) is 0. The minimum absolute atomic E-state index is 0.0808. The van der Waals surface area contributed by atoms with Crippen molar-refractivity contribution in [2.75, 3.05) is 6.61 Å². The van der Waals surface area contributed by atoms with Gasteiger partial charge in [-0.15, -0.1) is 0 Å². The van der Waals surface area contributed by atoms with Crippen LogP contribution in [0.5, 0.6) is 0 Å². The highest BCUT2D eigenvalue weighted by molar-refractivity contribution is 6.08. The Morgan fingerprint density at radius 1 is 1.21 bits per heavy atom. The summed E-state index contributed by atoms with van der Waals surface area (Å²) < 4.78 is 5.69. The number of hydrogen-bond acceptors (Lipinski definition) is 4. The highest BCUT2D eigenvalue weighted by atomic mass is 16.5. The van der Waals surface area contributed by atoms with E-state index in [4.69, 9.17) is 4.74 Å². The smallest absolute Gasteiger partial charge is 0.344 e. The molecule has 7 heteroatoms. The fraction of sp³-hybridized carbons (Fsp3) is 0.824. The minimum Gasteiger partial charge on any atom is -0.368 e. The number of ether oxygens (including phenoxy) is 1. The van der Waals surface area contributed by atoms with Crippen molar-refractivity contribution in [1.29, 1.82) is 0 Å². The number of imide groups is 1. The third-order valence-corrected chi connectivity index (χ3v) is 5.57. The second kappa shape index (κ2) is 7.09. The average Bonchev–Trinajstić information content (AvgIpc) is 2.79. The Morgan fingerprint density at radius 3 is 2.62 bits per heavy atom. The average molecular weight is 337 g/mol. The van der Waals surface area contributed by atoms with Crippen LogP contribution in [0.15, 0.2) is 0 Å². The predicted molar refractivity (Wildman–Crippen MR) is 86.7 cm³/mol. The lowest BCUT2D eigenvalue weighted by atomic mass is 9.82. The van der Waals surface area contributed by atoms with Crippen molar-refractivity contribution < 1.29 is 19.1 Å². The van der Waals surface area contributed by atoms with Gasteiger partial charge in [0.2, 0.25) is 0 Å². The summed E-state index contributed by atoms with van der Waals surface area (Å²) in [6.45, 7) is 2.01. The monoisotopic (exact) mass is 337 g/mol. The molecule has 0 aromatic heterocycles. The Labute approximate surface area is 142 Å². The normalized spacial score (nSPS) is 29.6. The second-order valence-corrected chi connectivity index (χ2v) is 7.36. The molecule has 134 valence electrons. The third-order valence-electron chi connectivity index (χ3n) is 5.57. The van der Waals surface area contributed by atoms with Gasteiger partial charge in [-0.3, -0.25) is 15.0 Å². The number of amides is 4. The molecule has 2 aliphatic carbocycles. The summed E-state index contributed by atoms with van der Waals surface area (Å²) in [6.07, 6.45) is 8.65. The van der Waals surface area contributed by atoms with E-state index >= 15 is 0 Å². The Balaban J connectivity index is 1.52. The molecule has 0 radical (unpaired) electrons. The van der Waals surface area contributed by atoms with Gasteiger partial charge in [0.25, 0.3) is 11.8 Å². The van der Waals surface area contributed by atoms with E-state index in [9.17, 15) is 14.4 Å². The van der Waals surface area contributed by atoms with Crippen LogP contribution in [0.2, 0.25) is 0 Å². The van der Waals surface area contributed by atoms with Crippen molar-refractivity contribution in [3.05, 3.63) is 0 Å². The number of urea groups is 1. The third kappa shape index (κ3) is 3.41. The summed E-state index contributed by atoms with van der Waals surface area (Å²) in [5, 5.41) is 3.60. The first-order valence-electron chi connectivity index (χ1n) is 9.10. The minimum atomic E-state index is -0.818. The molecule has 3 rings (SSSR count). The summed E-state index contributed by atoms with van der Waals surface area (Å²) in [5.41, 5.74) is 1.59. The van der Waals surface area contributed by atoms with Crippen LogP contribution in [0.4, 0.5) is 4.79 Å². The van der Waals surface area contributed by atoms with Crippen molar-refractivity contribution in [2.24, 2.45) is 5.92 Å². The van der Waals surface area contributed by atoms with Crippen LogP contribution in [0.1, 0.15) is 64.7 Å². The molecule has 4 amide bonds. The van der Waals surface area contributed by atoms with Gasteiger partial charge in [-0.25, -0.2) is 4.79 Å². The molecule has 0 aromatic carbocycles. The highest BCUT2D eigenvalue weighted by Gasteiger charge is 2.52. The van der Waals surface area contributed by atoms with Crippen LogP contribution in [0.3, 0.4) is 0 Å². The molecule has 3 aliphatic rings. The molecule has 1 saturated heterocycles. The summed E-state index contributed by atoms with van der Waals surface area (Å²) >= 11 is 0. The van der Waals surface area contributed by atoms with Gasteiger partial charge in [0.05, 0.1) is 6.10 Å². The number of nitrogens with one attached hydrogen (secondary N) is 2. The molecule has 2 atom stereocenters. The summed E-state index contributed by atoms with van der Waals surface area (Å²) in [5.74, 6) is -0.357. The van der Waals surface area contributed by atoms with Gasteiger partial charge in [0, 0.05) is 0 Å². The van der Waals surface area contributed by atoms with Crippen LogP contribution < -0.4 is 10.7 Å². The quantitative estimate of drug-likeness (QED) is 0.767. The van der Waals surface area contributed by atoms with E-state index < -0.39 is 17.5 Å². The maximum Gasteiger partial charge on any atom is 0.344 e. The molecule has 7 nitrogen and oxygen atoms in total. The first-order valence-corrected chi connectivity index (χ1v) is 9.10. The number of carbonyl (C=O) groups is 3. The maximum absolute atomic E-state index is 12.6. The lowest BCUT2D eigenvalue weighted by Gasteiger charge is -2.30. The topological polar surface area (TPSA) is 87.7 Å². The van der Waals surface area contributed by atoms with Gasteiger partial charge in [-0.05, 0) is 31.6 Å². The molecular formula is C17H27N3O4. The molecule has 1 spiro atoms. The standard InChI is InChI=1S/C17H27N3O4/c1-12-7-3-4-8-13(12)24-11-14(21)19-20-15(22)17(18-16(20)23)9-5-2-6-10-17/h12-13H,2-11H2,1H3,(H,18,23)(H,19,21)/t12-,13+/m0/s1. The van der Waals surface area contributed by atoms with E-state index in [0.29, 0.717) is 18.8 Å². The van der Waals surface area contributed by atoms with Crippen molar-refractivity contribution >= 4 is 17.8 Å². The molecule has 0 bridgehead atoms. The Bertz CT molecular complexity index is 516. The van der Waals surface area contributed by atoms with Gasteiger partial charge in [-0.2, -0.15) is 5.01 Å². The van der Waals surface area contributed by atoms with Crippen LogP contribution >= 0.6 is 0 Å². The molecule has 0 unspecified atom stereocenters.